The van der Waals surface area contributed by atoms with E-state index in [1.54, 1.807) is 72.8 Å². The molecule has 0 aliphatic carbocycles. The average Bonchev–Trinajstić information content (AvgIpc) is 3.18. The van der Waals surface area contributed by atoms with Gasteiger partial charge >= 0.3 is 23.9 Å². The fourth-order valence-electron chi connectivity index (χ4n) is 4.70. The van der Waals surface area contributed by atoms with E-state index in [4.69, 9.17) is 28.4 Å². The van der Waals surface area contributed by atoms with Crippen molar-refractivity contribution in [1.29, 1.82) is 0 Å². The maximum absolute atomic E-state index is 12.6. The molecule has 0 bridgehead atoms. The minimum absolute atomic E-state index is 0.313. The van der Waals surface area contributed by atoms with Gasteiger partial charge in [-0.05, 0) is 122 Å². The summed E-state index contributed by atoms with van der Waals surface area (Å²) in [5, 5.41) is 0. The predicted molar refractivity (Wildman–Crippen MR) is 195 cm³/mol. The molecule has 10 heteroatoms. The van der Waals surface area contributed by atoms with Crippen molar-refractivity contribution in [1.82, 2.24) is 0 Å². The Bertz CT molecular complexity index is 1630. The van der Waals surface area contributed by atoms with Crippen LogP contribution in [0.1, 0.15) is 57.5 Å². The summed E-state index contributed by atoms with van der Waals surface area (Å²) in [7, 11) is 0. The lowest BCUT2D eigenvalue weighted by atomic mass is 10.0. The normalized spacial score (nSPS) is 10.4. The van der Waals surface area contributed by atoms with Gasteiger partial charge in [0.05, 0.1) is 37.6 Å². The van der Waals surface area contributed by atoms with Gasteiger partial charge in [0.2, 0.25) is 0 Å². The van der Waals surface area contributed by atoms with Crippen LogP contribution < -0.4 is 18.9 Å². The second-order valence-corrected chi connectivity index (χ2v) is 11.5. The number of carbonyl (C=O) groups excluding carboxylic acids is 4. The SMILES string of the molecule is C=CC(=O)OCCCCOc1ccc(C(=O)Oc2ccc(CCc3ccc(OC(=O)c4ccc(OCCCCOC(=O)C=C)cc4)cc3)cc2)cc1. The summed E-state index contributed by atoms with van der Waals surface area (Å²) in [5.41, 5.74) is 2.97. The zero-order valence-electron chi connectivity index (χ0n) is 29.0. The molecule has 0 spiro atoms. The summed E-state index contributed by atoms with van der Waals surface area (Å²) in [6.45, 7) is 8.25. The molecule has 0 amide bonds. The minimum Gasteiger partial charge on any atom is -0.494 e. The number of esters is 4. The van der Waals surface area contributed by atoms with E-state index in [2.05, 4.69) is 13.2 Å². The number of benzene rings is 4. The third kappa shape index (κ3) is 13.6. The summed E-state index contributed by atoms with van der Waals surface area (Å²) in [4.78, 5) is 47.4. The topological polar surface area (TPSA) is 124 Å². The van der Waals surface area contributed by atoms with Crippen LogP contribution in [-0.2, 0) is 31.9 Å². The van der Waals surface area contributed by atoms with Crippen molar-refractivity contribution >= 4 is 23.9 Å². The van der Waals surface area contributed by atoms with Crippen LogP contribution >= 0.6 is 0 Å². The molecule has 0 saturated heterocycles. The minimum atomic E-state index is -0.468. The number of ether oxygens (including phenoxy) is 6. The smallest absolute Gasteiger partial charge is 0.343 e. The highest BCUT2D eigenvalue weighted by atomic mass is 16.5. The summed E-state index contributed by atoms with van der Waals surface area (Å²) < 4.78 is 32.3. The van der Waals surface area contributed by atoms with Gasteiger partial charge in [0.1, 0.15) is 23.0 Å². The highest BCUT2D eigenvalue weighted by molar-refractivity contribution is 5.91. The van der Waals surface area contributed by atoms with Crippen molar-refractivity contribution < 1.29 is 47.6 Å². The second-order valence-electron chi connectivity index (χ2n) is 11.5. The quantitative estimate of drug-likeness (QED) is 0.0369. The number of unbranched alkanes of at least 4 members (excludes halogenated alkanes) is 2. The Morgan fingerprint density at radius 3 is 1.12 bits per heavy atom. The second kappa shape index (κ2) is 21.1. The predicted octanol–water partition coefficient (Wildman–Crippen LogP) is 7.69. The Morgan fingerprint density at radius 1 is 0.442 bits per heavy atom. The zero-order chi connectivity index (χ0) is 37.0. The fourth-order valence-corrected chi connectivity index (χ4v) is 4.70. The molecule has 0 radical (unpaired) electrons. The molecule has 0 atom stereocenters. The molecule has 0 N–H and O–H groups in total. The molecular formula is C42H42O10. The van der Waals surface area contributed by atoms with Gasteiger partial charge in [0.15, 0.2) is 0 Å². The Balaban J connectivity index is 1.13. The Hall–Kier alpha value is -6.16. The lowest BCUT2D eigenvalue weighted by molar-refractivity contribution is -0.138. The van der Waals surface area contributed by atoms with Crippen LogP contribution in [0, 0.1) is 0 Å². The van der Waals surface area contributed by atoms with Gasteiger partial charge in [-0.15, -0.1) is 0 Å². The van der Waals surface area contributed by atoms with Crippen LogP contribution in [0.25, 0.3) is 0 Å². The molecule has 4 aromatic rings. The van der Waals surface area contributed by atoms with Gasteiger partial charge in [-0.1, -0.05) is 37.4 Å². The molecule has 0 aliphatic heterocycles. The molecule has 0 saturated carbocycles. The molecule has 0 aliphatic rings. The fraction of sp³-hybridized carbons (Fsp3) is 0.238. The first-order valence-electron chi connectivity index (χ1n) is 17.0. The first-order chi connectivity index (χ1) is 25.3. The molecule has 0 fully saturated rings. The van der Waals surface area contributed by atoms with Crippen molar-refractivity contribution in [2.24, 2.45) is 0 Å². The number of hydrogen-bond acceptors (Lipinski definition) is 10. The highest BCUT2D eigenvalue weighted by Gasteiger charge is 2.11. The van der Waals surface area contributed by atoms with Gasteiger partial charge in [-0.3, -0.25) is 0 Å². The standard InChI is InChI=1S/C42H42O10/c1-3-39(43)49-29-7-5-27-47-35-23-15-33(16-24-35)41(45)51-37-19-11-31(12-20-37)9-10-32-13-21-38(22-14-32)52-42(46)34-17-25-36(26-18-34)48-28-6-8-30-50-40(44)4-2/h3-4,11-26H,1-2,5-10,27-30H2. The first-order valence-corrected chi connectivity index (χ1v) is 17.0. The van der Waals surface area contributed by atoms with E-state index in [-0.39, 0.29) is 0 Å². The van der Waals surface area contributed by atoms with Crippen molar-refractivity contribution in [2.45, 2.75) is 38.5 Å². The maximum atomic E-state index is 12.6. The van der Waals surface area contributed by atoms with Crippen molar-refractivity contribution in [3.8, 4) is 23.0 Å². The van der Waals surface area contributed by atoms with Crippen LogP contribution in [0.4, 0.5) is 0 Å². The summed E-state index contributed by atoms with van der Waals surface area (Å²) in [5.74, 6) is 0.332. The molecular weight excluding hydrogens is 664 g/mol. The first kappa shape index (κ1) is 38.6. The van der Waals surface area contributed by atoms with Crippen LogP contribution in [0.15, 0.2) is 122 Å². The van der Waals surface area contributed by atoms with Gasteiger partial charge in [0, 0.05) is 12.2 Å². The van der Waals surface area contributed by atoms with Gasteiger partial charge in [0.25, 0.3) is 0 Å². The van der Waals surface area contributed by atoms with Crippen LogP contribution in [0.5, 0.6) is 23.0 Å². The summed E-state index contributed by atoms with van der Waals surface area (Å²) in [6.07, 6.45) is 6.58. The van der Waals surface area contributed by atoms with E-state index in [1.165, 1.54) is 0 Å². The van der Waals surface area contributed by atoms with Crippen LogP contribution in [-0.4, -0.2) is 50.3 Å². The van der Waals surface area contributed by atoms with E-state index in [9.17, 15) is 19.2 Å². The van der Waals surface area contributed by atoms with Crippen LogP contribution in [0.2, 0.25) is 0 Å². The van der Waals surface area contributed by atoms with Crippen molar-refractivity contribution in [3.63, 3.8) is 0 Å². The molecule has 0 unspecified atom stereocenters. The number of carbonyl (C=O) groups is 4. The van der Waals surface area contributed by atoms with Gasteiger partial charge in [-0.25, -0.2) is 19.2 Å². The molecule has 52 heavy (non-hydrogen) atoms. The third-order valence-electron chi connectivity index (χ3n) is 7.59. The van der Waals surface area contributed by atoms with E-state index >= 15 is 0 Å². The molecule has 0 aromatic heterocycles. The lowest BCUT2D eigenvalue weighted by Crippen LogP contribution is -2.09. The van der Waals surface area contributed by atoms with Crippen molar-refractivity contribution in [3.05, 3.63) is 145 Å². The lowest BCUT2D eigenvalue weighted by Gasteiger charge is -2.09. The largest absolute Gasteiger partial charge is 0.494 e. The molecule has 10 nitrogen and oxygen atoms in total. The van der Waals surface area contributed by atoms with Crippen molar-refractivity contribution in [2.75, 3.05) is 26.4 Å². The molecule has 4 aromatic carbocycles. The Morgan fingerprint density at radius 2 is 0.769 bits per heavy atom. The highest BCUT2D eigenvalue weighted by Crippen LogP contribution is 2.20. The van der Waals surface area contributed by atoms with Gasteiger partial charge in [-0.2, -0.15) is 0 Å². The molecule has 270 valence electrons. The van der Waals surface area contributed by atoms with E-state index in [0.717, 1.165) is 36.1 Å². The van der Waals surface area contributed by atoms with E-state index < -0.39 is 23.9 Å². The number of rotatable bonds is 21. The van der Waals surface area contributed by atoms with E-state index in [0.29, 0.717) is 86.2 Å². The van der Waals surface area contributed by atoms with Crippen LogP contribution in [0.3, 0.4) is 0 Å². The number of hydrogen-bond donors (Lipinski definition) is 0. The summed E-state index contributed by atoms with van der Waals surface area (Å²) in [6, 6.07) is 28.2. The van der Waals surface area contributed by atoms with Gasteiger partial charge < -0.3 is 28.4 Å². The monoisotopic (exact) mass is 706 g/mol. The zero-order valence-corrected chi connectivity index (χ0v) is 29.0. The molecule has 0 heterocycles. The summed E-state index contributed by atoms with van der Waals surface area (Å²) >= 11 is 0. The Kier molecular flexibility index (Phi) is 15.7. The number of aryl methyl sites for hydroxylation is 2. The maximum Gasteiger partial charge on any atom is 0.343 e. The Labute approximate surface area is 303 Å². The molecule has 4 rings (SSSR count). The van der Waals surface area contributed by atoms with E-state index in [1.807, 2.05) is 24.3 Å². The average molecular weight is 707 g/mol. The third-order valence-corrected chi connectivity index (χ3v) is 7.59.